The first kappa shape index (κ1) is 14.2. The van der Waals surface area contributed by atoms with E-state index in [0.717, 1.165) is 5.92 Å². The normalized spacial score (nSPS) is 19.6. The molecular weight excluding hydrogens is 187 g/mol. The van der Waals surface area contributed by atoms with Gasteiger partial charge in [-0.1, -0.05) is 19.9 Å². The number of rotatable bonds is 5. The molecule has 0 nitrogen and oxygen atoms in total. The molecule has 0 aliphatic carbocycles. The third-order valence-corrected chi connectivity index (χ3v) is 9.61. The Bertz CT molecular complexity index is 193. The number of allylic oxidation sites excluding steroid dienone is 1. The molecular formula is C13H28P+. The highest BCUT2D eigenvalue weighted by molar-refractivity contribution is 7.79. The summed E-state index contributed by atoms with van der Waals surface area (Å²) >= 11 is 0. The van der Waals surface area contributed by atoms with Gasteiger partial charge >= 0.3 is 0 Å². The van der Waals surface area contributed by atoms with Crippen LogP contribution in [0.15, 0.2) is 11.9 Å². The molecule has 0 saturated heterocycles. The zero-order valence-corrected chi connectivity index (χ0v) is 12.0. The van der Waals surface area contributed by atoms with E-state index in [9.17, 15) is 0 Å². The molecule has 0 rings (SSSR count). The molecule has 0 radical (unpaired) electrons. The summed E-state index contributed by atoms with van der Waals surface area (Å²) in [5, 5.41) is 0.489. The third-order valence-electron chi connectivity index (χ3n) is 4.27. The van der Waals surface area contributed by atoms with E-state index in [0.29, 0.717) is 5.16 Å². The van der Waals surface area contributed by atoms with Crippen molar-refractivity contribution in [3.8, 4) is 0 Å². The Balaban J connectivity index is 4.99. The van der Waals surface area contributed by atoms with Gasteiger partial charge in [0, 0.05) is 7.26 Å². The maximum Gasteiger partial charge on any atom is 0.0806 e. The van der Waals surface area contributed by atoms with E-state index in [1.807, 2.05) is 0 Å². The van der Waals surface area contributed by atoms with Crippen molar-refractivity contribution in [1.82, 2.24) is 0 Å². The molecule has 2 atom stereocenters. The summed E-state index contributed by atoms with van der Waals surface area (Å²) in [6.45, 7) is 16.6. The molecule has 84 valence electrons. The maximum absolute atomic E-state index is 2.50. The monoisotopic (exact) mass is 215 g/mol. The second kappa shape index (κ2) is 5.31. The first-order chi connectivity index (χ1) is 6.35. The van der Waals surface area contributed by atoms with Crippen LogP contribution in [0.4, 0.5) is 0 Å². The minimum atomic E-state index is -0.906. The van der Waals surface area contributed by atoms with E-state index < -0.39 is 7.26 Å². The fourth-order valence-corrected chi connectivity index (χ4v) is 5.29. The average molecular weight is 215 g/mol. The second-order valence-electron chi connectivity index (χ2n) is 5.03. The van der Waals surface area contributed by atoms with Gasteiger partial charge in [0.15, 0.2) is 0 Å². The van der Waals surface area contributed by atoms with E-state index in [4.69, 9.17) is 0 Å². The van der Waals surface area contributed by atoms with Crippen LogP contribution in [0.25, 0.3) is 0 Å². The van der Waals surface area contributed by atoms with Crippen LogP contribution in [-0.2, 0) is 0 Å². The quantitative estimate of drug-likeness (QED) is 0.565. The average Bonchev–Trinajstić information content (AvgIpc) is 2.16. The highest BCUT2D eigenvalue weighted by Gasteiger charge is 2.47. The topological polar surface area (TPSA) is 0 Å². The van der Waals surface area contributed by atoms with Gasteiger partial charge in [0.05, 0.1) is 23.8 Å². The van der Waals surface area contributed by atoms with Crippen molar-refractivity contribution in [3.05, 3.63) is 11.9 Å². The van der Waals surface area contributed by atoms with Crippen molar-refractivity contribution in [2.24, 2.45) is 5.92 Å². The van der Waals surface area contributed by atoms with Crippen molar-refractivity contribution in [1.29, 1.82) is 0 Å². The molecule has 0 aliphatic rings. The van der Waals surface area contributed by atoms with Gasteiger partial charge in [-0.3, -0.25) is 0 Å². The zero-order valence-electron chi connectivity index (χ0n) is 11.1. The zero-order chi connectivity index (χ0) is 11.4. The standard InChI is InChI=1S/C13H28P/c1-8-11-14(7,10-3)13(5,6)12(4)9-2/h8,11-12H,9-10H2,1-7H3/q+1/b11-8-. The molecule has 0 amide bonds. The van der Waals surface area contributed by atoms with Crippen LogP contribution in [0.5, 0.6) is 0 Å². The summed E-state index contributed by atoms with van der Waals surface area (Å²) in [5.41, 5.74) is 0. The van der Waals surface area contributed by atoms with Gasteiger partial charge in [-0.2, -0.15) is 0 Å². The van der Waals surface area contributed by atoms with Crippen LogP contribution >= 0.6 is 7.26 Å². The lowest BCUT2D eigenvalue weighted by Crippen LogP contribution is -2.32. The minimum absolute atomic E-state index is 0.489. The third kappa shape index (κ3) is 2.60. The van der Waals surface area contributed by atoms with E-state index in [1.54, 1.807) is 0 Å². The first-order valence-corrected chi connectivity index (χ1v) is 8.33. The smallest absolute Gasteiger partial charge is 0.0650 e. The summed E-state index contributed by atoms with van der Waals surface area (Å²) in [5.74, 6) is 3.32. The van der Waals surface area contributed by atoms with Gasteiger partial charge < -0.3 is 0 Å². The molecule has 1 heteroatoms. The van der Waals surface area contributed by atoms with Crippen LogP contribution in [-0.4, -0.2) is 18.0 Å². The summed E-state index contributed by atoms with van der Waals surface area (Å²) in [6, 6.07) is 0. The molecule has 14 heavy (non-hydrogen) atoms. The molecule has 0 saturated carbocycles. The molecule has 2 unspecified atom stereocenters. The van der Waals surface area contributed by atoms with Gasteiger partial charge in [0.25, 0.3) is 0 Å². The fraction of sp³-hybridized carbons (Fsp3) is 0.846. The Morgan fingerprint density at radius 1 is 1.29 bits per heavy atom. The Labute approximate surface area is 91.5 Å². The summed E-state index contributed by atoms with van der Waals surface area (Å²) in [6.07, 6.45) is 4.87. The van der Waals surface area contributed by atoms with Crippen LogP contribution in [0.3, 0.4) is 0 Å². The van der Waals surface area contributed by atoms with Crippen molar-refractivity contribution < 1.29 is 0 Å². The van der Waals surface area contributed by atoms with Crippen LogP contribution in [0.2, 0.25) is 0 Å². The molecule has 0 aliphatic heterocycles. The second-order valence-corrected chi connectivity index (χ2v) is 9.65. The molecule has 0 aromatic heterocycles. The van der Waals surface area contributed by atoms with Gasteiger partial charge in [-0.15, -0.1) is 0 Å². The lowest BCUT2D eigenvalue weighted by molar-refractivity contribution is 0.437. The van der Waals surface area contributed by atoms with Gasteiger partial charge in [-0.05, 0) is 40.0 Å². The van der Waals surface area contributed by atoms with Crippen molar-refractivity contribution in [3.63, 3.8) is 0 Å². The Morgan fingerprint density at radius 3 is 2.07 bits per heavy atom. The van der Waals surface area contributed by atoms with Crippen molar-refractivity contribution >= 4 is 7.26 Å². The predicted octanol–water partition coefficient (Wildman–Crippen LogP) is 5.01. The minimum Gasteiger partial charge on any atom is -0.0650 e. The van der Waals surface area contributed by atoms with Crippen molar-refractivity contribution in [2.45, 2.75) is 53.1 Å². The molecule has 0 heterocycles. The summed E-state index contributed by atoms with van der Waals surface area (Å²) in [7, 11) is -0.906. The Morgan fingerprint density at radius 2 is 1.79 bits per heavy atom. The highest BCUT2D eigenvalue weighted by atomic mass is 31.2. The molecule has 0 N–H and O–H groups in total. The van der Waals surface area contributed by atoms with Crippen LogP contribution in [0, 0.1) is 5.92 Å². The van der Waals surface area contributed by atoms with E-state index >= 15 is 0 Å². The van der Waals surface area contributed by atoms with Gasteiger partial charge in [0.2, 0.25) is 0 Å². The van der Waals surface area contributed by atoms with Gasteiger partial charge in [0.1, 0.15) is 0 Å². The van der Waals surface area contributed by atoms with Gasteiger partial charge in [-0.25, -0.2) is 0 Å². The fourth-order valence-electron chi connectivity index (χ4n) is 2.04. The molecule has 0 bridgehead atoms. The van der Waals surface area contributed by atoms with Crippen LogP contribution in [0.1, 0.15) is 48.0 Å². The van der Waals surface area contributed by atoms with Crippen LogP contribution < -0.4 is 0 Å². The summed E-state index contributed by atoms with van der Waals surface area (Å²) < 4.78 is 0. The maximum atomic E-state index is 2.50. The first-order valence-electron chi connectivity index (χ1n) is 5.84. The Hall–Kier alpha value is 0.170. The molecule has 0 fully saturated rings. The number of hydrogen-bond donors (Lipinski definition) is 0. The van der Waals surface area contributed by atoms with E-state index in [-0.39, 0.29) is 0 Å². The van der Waals surface area contributed by atoms with E-state index in [2.05, 4.69) is 60.1 Å². The van der Waals surface area contributed by atoms with Crippen molar-refractivity contribution in [2.75, 3.05) is 12.8 Å². The SMILES string of the molecule is C/C=C\[P+](C)(CC)C(C)(C)C(C)CC. The van der Waals surface area contributed by atoms with E-state index in [1.165, 1.54) is 12.6 Å². The highest BCUT2D eigenvalue weighted by Crippen LogP contribution is 2.69. The molecule has 0 spiro atoms. The largest absolute Gasteiger partial charge is 0.0806 e. The molecule has 0 aromatic carbocycles. The lowest BCUT2D eigenvalue weighted by atomic mass is 9.94. The molecule has 0 aromatic rings. The summed E-state index contributed by atoms with van der Waals surface area (Å²) in [4.78, 5) is 0. The predicted molar refractivity (Wildman–Crippen MR) is 71.7 cm³/mol. The number of hydrogen-bond acceptors (Lipinski definition) is 0. The Kier molecular flexibility index (Phi) is 5.37. The lowest BCUT2D eigenvalue weighted by Gasteiger charge is -2.39.